The fourth-order valence-corrected chi connectivity index (χ4v) is 3.91. The number of rotatable bonds is 4. The highest BCUT2D eigenvalue weighted by atomic mass is 35.5. The van der Waals surface area contributed by atoms with Crippen molar-refractivity contribution < 1.29 is 9.32 Å². The van der Waals surface area contributed by atoms with Crippen molar-refractivity contribution in [2.24, 2.45) is 0 Å². The van der Waals surface area contributed by atoms with Crippen molar-refractivity contribution in [3.8, 4) is 11.3 Å². The summed E-state index contributed by atoms with van der Waals surface area (Å²) in [4.78, 5) is 19.3. The van der Waals surface area contributed by atoms with Crippen LogP contribution < -0.4 is 0 Å². The van der Waals surface area contributed by atoms with Gasteiger partial charge in [0.25, 0.3) is 0 Å². The molecular formula is C20H22ClN5O2. The molecule has 3 aromatic heterocycles. The molecule has 1 aliphatic rings. The van der Waals surface area contributed by atoms with E-state index < -0.39 is 0 Å². The summed E-state index contributed by atoms with van der Waals surface area (Å²) in [5, 5.41) is 8.64. The topological polar surface area (TPSA) is 77.0 Å². The minimum Gasteiger partial charge on any atom is -0.361 e. The van der Waals surface area contributed by atoms with E-state index in [1.165, 1.54) is 0 Å². The first-order chi connectivity index (χ1) is 13.5. The molecular weight excluding hydrogens is 378 g/mol. The molecule has 7 nitrogen and oxygen atoms in total. The van der Waals surface area contributed by atoms with E-state index in [2.05, 4.69) is 16.3 Å². The van der Waals surface area contributed by atoms with Crippen LogP contribution in [0.1, 0.15) is 35.9 Å². The number of likely N-dealkylation sites (tertiary alicyclic amines) is 1. The van der Waals surface area contributed by atoms with Crippen molar-refractivity contribution >= 4 is 17.5 Å². The summed E-state index contributed by atoms with van der Waals surface area (Å²) >= 11 is 5.86. The minimum atomic E-state index is 0.0654. The van der Waals surface area contributed by atoms with E-state index in [0.29, 0.717) is 10.9 Å². The maximum absolute atomic E-state index is 12.5. The lowest BCUT2D eigenvalue weighted by Crippen LogP contribution is -2.40. The largest absolute Gasteiger partial charge is 0.361 e. The van der Waals surface area contributed by atoms with E-state index in [1.54, 1.807) is 17.1 Å². The Morgan fingerprint density at radius 1 is 1.29 bits per heavy atom. The second-order valence-electron chi connectivity index (χ2n) is 7.16. The van der Waals surface area contributed by atoms with Gasteiger partial charge in [-0.2, -0.15) is 5.10 Å². The summed E-state index contributed by atoms with van der Waals surface area (Å²) in [6, 6.07) is 6.09. The van der Waals surface area contributed by atoms with Crippen LogP contribution in [0.4, 0.5) is 0 Å². The van der Waals surface area contributed by atoms with Gasteiger partial charge in [-0.1, -0.05) is 22.8 Å². The number of amides is 1. The first kappa shape index (κ1) is 18.7. The van der Waals surface area contributed by atoms with Crippen LogP contribution in [0.15, 0.2) is 35.1 Å². The number of hydrogen-bond acceptors (Lipinski definition) is 5. The molecule has 0 aromatic carbocycles. The highest BCUT2D eigenvalue weighted by molar-refractivity contribution is 6.30. The molecule has 0 N–H and O–H groups in total. The van der Waals surface area contributed by atoms with Crippen LogP contribution in [0.2, 0.25) is 5.02 Å². The van der Waals surface area contributed by atoms with Crippen LogP contribution >= 0.6 is 11.6 Å². The molecule has 0 atom stereocenters. The van der Waals surface area contributed by atoms with Crippen LogP contribution in [0, 0.1) is 13.8 Å². The molecule has 4 heterocycles. The lowest BCUT2D eigenvalue weighted by atomic mass is 9.92. The van der Waals surface area contributed by atoms with Gasteiger partial charge in [-0.25, -0.2) is 0 Å². The predicted octanol–water partition coefficient (Wildman–Crippen LogP) is 3.61. The van der Waals surface area contributed by atoms with E-state index in [9.17, 15) is 4.79 Å². The zero-order valence-electron chi connectivity index (χ0n) is 15.9. The Kier molecular flexibility index (Phi) is 5.17. The fourth-order valence-electron chi connectivity index (χ4n) is 3.75. The van der Waals surface area contributed by atoms with Crippen LogP contribution in [-0.2, 0) is 11.3 Å². The molecule has 28 heavy (non-hydrogen) atoms. The maximum Gasteiger partial charge on any atom is 0.244 e. The second-order valence-corrected chi connectivity index (χ2v) is 7.59. The third kappa shape index (κ3) is 3.80. The Morgan fingerprint density at radius 3 is 2.71 bits per heavy atom. The molecule has 0 bridgehead atoms. The zero-order chi connectivity index (χ0) is 19.7. The Bertz CT molecular complexity index is 969. The van der Waals surface area contributed by atoms with Gasteiger partial charge in [0.15, 0.2) is 0 Å². The van der Waals surface area contributed by atoms with Crippen LogP contribution in [0.3, 0.4) is 0 Å². The van der Waals surface area contributed by atoms with Gasteiger partial charge in [-0.05, 0) is 38.8 Å². The van der Waals surface area contributed by atoms with Crippen LogP contribution in [-0.4, -0.2) is 43.8 Å². The molecule has 0 aliphatic carbocycles. The summed E-state index contributed by atoms with van der Waals surface area (Å²) in [5.74, 6) is 1.18. The molecule has 0 saturated carbocycles. The molecule has 146 valence electrons. The number of aryl methyl sites for hydroxylation is 2. The van der Waals surface area contributed by atoms with E-state index in [1.807, 2.05) is 30.9 Å². The summed E-state index contributed by atoms with van der Waals surface area (Å²) in [6.45, 7) is 5.49. The summed E-state index contributed by atoms with van der Waals surface area (Å²) in [6.07, 6.45) is 4.99. The number of hydrogen-bond donors (Lipinski definition) is 0. The SMILES string of the molecule is Cc1noc(C)c1-c1cccc(C2CCN(C(=O)Cn3cc(Cl)cn3)CC2)n1. The van der Waals surface area contributed by atoms with Crippen molar-refractivity contribution in [1.29, 1.82) is 0 Å². The van der Waals surface area contributed by atoms with Crippen LogP contribution in [0.5, 0.6) is 0 Å². The molecule has 1 fully saturated rings. The molecule has 3 aromatic rings. The molecule has 1 amide bonds. The molecule has 4 rings (SSSR count). The summed E-state index contributed by atoms with van der Waals surface area (Å²) < 4.78 is 6.85. The molecule has 1 saturated heterocycles. The number of carbonyl (C=O) groups excluding carboxylic acids is 1. The van der Waals surface area contributed by atoms with Crippen LogP contribution in [0.25, 0.3) is 11.3 Å². The van der Waals surface area contributed by atoms with Gasteiger partial charge in [0, 0.05) is 30.9 Å². The Hall–Kier alpha value is -2.67. The highest BCUT2D eigenvalue weighted by Crippen LogP contribution is 2.30. The molecule has 0 spiro atoms. The standard InChI is InChI=1S/C20H22ClN5O2/c1-13-20(14(2)28-24-13)18-5-3-4-17(23-18)15-6-8-25(9-7-15)19(27)12-26-11-16(21)10-22-26/h3-5,10-11,15H,6-9,12H2,1-2H3. The number of pyridine rings is 1. The quantitative estimate of drug-likeness (QED) is 0.669. The first-order valence-corrected chi connectivity index (χ1v) is 9.75. The van der Waals surface area contributed by atoms with E-state index >= 15 is 0 Å². The monoisotopic (exact) mass is 399 g/mol. The van der Waals surface area contributed by atoms with Gasteiger partial charge < -0.3 is 9.42 Å². The van der Waals surface area contributed by atoms with Crippen molar-refractivity contribution in [3.63, 3.8) is 0 Å². The zero-order valence-corrected chi connectivity index (χ0v) is 16.7. The third-order valence-corrected chi connectivity index (χ3v) is 5.42. The molecule has 0 radical (unpaired) electrons. The average molecular weight is 400 g/mol. The average Bonchev–Trinajstić information content (AvgIpc) is 3.26. The molecule has 0 unspecified atom stereocenters. The third-order valence-electron chi connectivity index (χ3n) is 5.23. The normalized spacial score (nSPS) is 15.2. The number of halogens is 1. The van der Waals surface area contributed by atoms with E-state index in [4.69, 9.17) is 21.1 Å². The van der Waals surface area contributed by atoms with E-state index in [0.717, 1.165) is 54.3 Å². The molecule has 1 aliphatic heterocycles. The van der Waals surface area contributed by atoms with Gasteiger partial charge in [-0.3, -0.25) is 14.5 Å². The maximum atomic E-state index is 12.5. The van der Waals surface area contributed by atoms with Crippen molar-refractivity contribution in [2.75, 3.05) is 13.1 Å². The van der Waals surface area contributed by atoms with Crippen molar-refractivity contribution in [1.82, 2.24) is 24.8 Å². The first-order valence-electron chi connectivity index (χ1n) is 9.37. The van der Waals surface area contributed by atoms with Gasteiger partial charge in [-0.15, -0.1) is 0 Å². The lowest BCUT2D eigenvalue weighted by molar-refractivity contribution is -0.133. The van der Waals surface area contributed by atoms with Crippen molar-refractivity contribution in [2.45, 2.75) is 39.2 Å². The predicted molar refractivity (Wildman–Crippen MR) is 105 cm³/mol. The summed E-state index contributed by atoms with van der Waals surface area (Å²) in [7, 11) is 0. The molecule has 8 heteroatoms. The Balaban J connectivity index is 1.41. The Morgan fingerprint density at radius 2 is 2.07 bits per heavy atom. The minimum absolute atomic E-state index is 0.0654. The number of piperidine rings is 1. The second kappa shape index (κ2) is 7.75. The fraction of sp³-hybridized carbons (Fsp3) is 0.400. The van der Waals surface area contributed by atoms with Crippen molar-refractivity contribution in [3.05, 3.63) is 52.8 Å². The van der Waals surface area contributed by atoms with Gasteiger partial charge in [0.2, 0.25) is 5.91 Å². The van der Waals surface area contributed by atoms with Gasteiger partial charge in [0.1, 0.15) is 12.3 Å². The lowest BCUT2D eigenvalue weighted by Gasteiger charge is -2.32. The van der Waals surface area contributed by atoms with E-state index in [-0.39, 0.29) is 12.5 Å². The van der Waals surface area contributed by atoms with Gasteiger partial charge >= 0.3 is 0 Å². The Labute approximate surface area is 168 Å². The van der Waals surface area contributed by atoms with Gasteiger partial charge in [0.05, 0.1) is 28.2 Å². The number of nitrogens with zero attached hydrogens (tertiary/aromatic N) is 5. The number of aromatic nitrogens is 4. The highest BCUT2D eigenvalue weighted by Gasteiger charge is 2.25. The number of carbonyl (C=O) groups is 1. The smallest absolute Gasteiger partial charge is 0.244 e. The summed E-state index contributed by atoms with van der Waals surface area (Å²) in [5.41, 5.74) is 3.76.